The zero-order chi connectivity index (χ0) is 13.9. The molecule has 0 bridgehead atoms. The van der Waals surface area contributed by atoms with Crippen LogP contribution in [0.2, 0.25) is 0 Å². The molecule has 0 saturated carbocycles. The van der Waals surface area contributed by atoms with Crippen LogP contribution in [0, 0.1) is 0 Å². The van der Waals surface area contributed by atoms with E-state index in [0.717, 1.165) is 6.42 Å². The lowest BCUT2D eigenvalue weighted by molar-refractivity contribution is 0.0635. The number of aryl methyl sites for hydroxylation is 1. The van der Waals surface area contributed by atoms with E-state index in [1.165, 1.54) is 37.9 Å². The van der Waals surface area contributed by atoms with Crippen LogP contribution in [0.15, 0.2) is 12.4 Å². The number of aromatic nitrogens is 2. The quantitative estimate of drug-likeness (QED) is 0.880. The minimum absolute atomic E-state index is 0.186. The Morgan fingerprint density at radius 2 is 2.00 bits per heavy atom. The summed E-state index contributed by atoms with van der Waals surface area (Å²) in [5, 5.41) is 7.79. The van der Waals surface area contributed by atoms with E-state index in [9.17, 15) is 0 Å². The predicted molar refractivity (Wildman–Crippen MR) is 79.3 cm³/mol. The Kier molecular flexibility index (Phi) is 4.63. The SMILES string of the molecule is CNC(Cc1cnn(C)c1)C(C)(C)N1CCCCC1. The third-order valence-corrected chi connectivity index (χ3v) is 4.57. The van der Waals surface area contributed by atoms with Gasteiger partial charge in [-0.25, -0.2) is 0 Å². The van der Waals surface area contributed by atoms with Crippen molar-refractivity contribution in [2.24, 2.45) is 7.05 Å². The molecule has 0 aromatic carbocycles. The highest BCUT2D eigenvalue weighted by Crippen LogP contribution is 2.25. The molecule has 1 fully saturated rings. The van der Waals surface area contributed by atoms with Crippen molar-refractivity contribution >= 4 is 0 Å². The van der Waals surface area contributed by atoms with Crippen molar-refractivity contribution in [2.45, 2.75) is 51.1 Å². The van der Waals surface area contributed by atoms with Crippen molar-refractivity contribution in [3.63, 3.8) is 0 Å². The Hall–Kier alpha value is -0.870. The summed E-state index contributed by atoms with van der Waals surface area (Å²) in [6, 6.07) is 0.454. The smallest absolute Gasteiger partial charge is 0.0522 e. The van der Waals surface area contributed by atoms with E-state index >= 15 is 0 Å². The van der Waals surface area contributed by atoms with Gasteiger partial charge in [0, 0.05) is 24.8 Å². The van der Waals surface area contributed by atoms with Crippen LogP contribution < -0.4 is 5.32 Å². The molecule has 4 heteroatoms. The van der Waals surface area contributed by atoms with E-state index in [1.54, 1.807) is 0 Å². The fourth-order valence-corrected chi connectivity index (χ4v) is 3.21. The van der Waals surface area contributed by atoms with Crippen molar-refractivity contribution in [3.05, 3.63) is 18.0 Å². The minimum Gasteiger partial charge on any atom is -0.315 e. The molecule has 1 saturated heterocycles. The van der Waals surface area contributed by atoms with E-state index in [4.69, 9.17) is 0 Å². The summed E-state index contributed by atoms with van der Waals surface area (Å²) in [5.41, 5.74) is 1.50. The molecule has 2 heterocycles. The molecule has 1 aliphatic heterocycles. The van der Waals surface area contributed by atoms with Gasteiger partial charge >= 0.3 is 0 Å². The lowest BCUT2D eigenvalue weighted by Crippen LogP contribution is -2.59. The summed E-state index contributed by atoms with van der Waals surface area (Å²) in [7, 11) is 4.06. The number of likely N-dealkylation sites (tertiary alicyclic amines) is 1. The molecule has 0 aliphatic carbocycles. The van der Waals surface area contributed by atoms with Gasteiger partial charge in [-0.3, -0.25) is 9.58 Å². The van der Waals surface area contributed by atoms with Crippen LogP contribution >= 0.6 is 0 Å². The van der Waals surface area contributed by atoms with Gasteiger partial charge in [0.1, 0.15) is 0 Å². The second kappa shape index (κ2) is 6.06. The number of rotatable bonds is 5. The molecule has 19 heavy (non-hydrogen) atoms. The normalized spacial score (nSPS) is 19.6. The molecule has 1 N–H and O–H groups in total. The lowest BCUT2D eigenvalue weighted by atomic mass is 9.87. The summed E-state index contributed by atoms with van der Waals surface area (Å²) in [5.74, 6) is 0. The van der Waals surface area contributed by atoms with Gasteiger partial charge < -0.3 is 5.32 Å². The number of piperidine rings is 1. The maximum Gasteiger partial charge on any atom is 0.0522 e. The standard InChI is InChI=1S/C15H28N4/c1-15(2,19-8-6-5-7-9-19)14(16-3)10-13-11-17-18(4)12-13/h11-12,14,16H,5-10H2,1-4H3. The molecule has 1 aromatic heterocycles. The van der Waals surface area contributed by atoms with E-state index in [-0.39, 0.29) is 5.54 Å². The Morgan fingerprint density at radius 1 is 1.32 bits per heavy atom. The Morgan fingerprint density at radius 3 is 2.53 bits per heavy atom. The zero-order valence-corrected chi connectivity index (χ0v) is 12.8. The monoisotopic (exact) mass is 264 g/mol. The number of nitrogens with one attached hydrogen (secondary N) is 1. The summed E-state index contributed by atoms with van der Waals surface area (Å²) in [6.45, 7) is 7.21. The molecule has 0 radical (unpaired) electrons. The summed E-state index contributed by atoms with van der Waals surface area (Å²) in [6.07, 6.45) is 9.21. The number of nitrogens with zero attached hydrogens (tertiary/aromatic N) is 3. The Balaban J connectivity index is 2.06. The summed E-state index contributed by atoms with van der Waals surface area (Å²) in [4.78, 5) is 2.65. The second-order valence-corrected chi connectivity index (χ2v) is 6.27. The van der Waals surface area contributed by atoms with Gasteiger partial charge in [-0.1, -0.05) is 6.42 Å². The number of likely N-dealkylation sites (N-methyl/N-ethyl adjacent to an activating group) is 1. The van der Waals surface area contributed by atoms with Crippen LogP contribution in [-0.4, -0.2) is 46.4 Å². The Bertz CT molecular complexity index is 391. The molecule has 1 aromatic rings. The van der Waals surface area contributed by atoms with Gasteiger partial charge in [-0.05, 0) is 58.8 Å². The van der Waals surface area contributed by atoms with Gasteiger partial charge in [0.15, 0.2) is 0 Å². The van der Waals surface area contributed by atoms with Crippen molar-refractivity contribution < 1.29 is 0 Å². The average Bonchev–Trinajstić information content (AvgIpc) is 2.82. The number of hydrogen-bond donors (Lipinski definition) is 1. The fraction of sp³-hybridized carbons (Fsp3) is 0.800. The Labute approximate surface area is 117 Å². The molecule has 1 unspecified atom stereocenters. The molecular weight excluding hydrogens is 236 g/mol. The fourth-order valence-electron chi connectivity index (χ4n) is 3.21. The van der Waals surface area contributed by atoms with Crippen LogP contribution in [0.5, 0.6) is 0 Å². The van der Waals surface area contributed by atoms with Gasteiger partial charge in [0.05, 0.1) is 6.20 Å². The van der Waals surface area contributed by atoms with Gasteiger partial charge in [0.2, 0.25) is 0 Å². The van der Waals surface area contributed by atoms with Crippen molar-refractivity contribution in [1.29, 1.82) is 0 Å². The molecule has 0 amide bonds. The predicted octanol–water partition coefficient (Wildman–Crippen LogP) is 1.82. The van der Waals surface area contributed by atoms with Crippen LogP contribution in [0.3, 0.4) is 0 Å². The van der Waals surface area contributed by atoms with Crippen LogP contribution in [0.4, 0.5) is 0 Å². The maximum atomic E-state index is 4.27. The first kappa shape index (κ1) is 14.5. The zero-order valence-electron chi connectivity index (χ0n) is 12.8. The van der Waals surface area contributed by atoms with Crippen LogP contribution in [-0.2, 0) is 13.5 Å². The third kappa shape index (κ3) is 3.37. The molecule has 108 valence electrons. The van der Waals surface area contributed by atoms with Gasteiger partial charge in [-0.15, -0.1) is 0 Å². The second-order valence-electron chi connectivity index (χ2n) is 6.27. The molecule has 2 rings (SSSR count). The first-order chi connectivity index (χ1) is 9.04. The van der Waals surface area contributed by atoms with E-state index in [0.29, 0.717) is 6.04 Å². The highest BCUT2D eigenvalue weighted by Gasteiger charge is 2.35. The maximum absolute atomic E-state index is 4.27. The lowest BCUT2D eigenvalue weighted by Gasteiger charge is -2.46. The first-order valence-electron chi connectivity index (χ1n) is 7.44. The highest BCUT2D eigenvalue weighted by molar-refractivity contribution is 5.09. The van der Waals surface area contributed by atoms with E-state index in [2.05, 4.69) is 42.4 Å². The third-order valence-electron chi connectivity index (χ3n) is 4.57. The molecule has 1 atom stereocenters. The van der Waals surface area contributed by atoms with Crippen molar-refractivity contribution in [2.75, 3.05) is 20.1 Å². The summed E-state index contributed by atoms with van der Waals surface area (Å²) < 4.78 is 1.88. The van der Waals surface area contributed by atoms with E-state index in [1.807, 2.05) is 17.9 Å². The topological polar surface area (TPSA) is 33.1 Å². The molecule has 0 spiro atoms. The molecular formula is C15H28N4. The summed E-state index contributed by atoms with van der Waals surface area (Å²) >= 11 is 0. The average molecular weight is 264 g/mol. The minimum atomic E-state index is 0.186. The van der Waals surface area contributed by atoms with Crippen molar-refractivity contribution in [3.8, 4) is 0 Å². The first-order valence-corrected chi connectivity index (χ1v) is 7.44. The molecule has 1 aliphatic rings. The number of hydrogen-bond acceptors (Lipinski definition) is 3. The van der Waals surface area contributed by atoms with Gasteiger partial charge in [0.25, 0.3) is 0 Å². The molecule has 4 nitrogen and oxygen atoms in total. The highest BCUT2D eigenvalue weighted by atomic mass is 15.2. The van der Waals surface area contributed by atoms with Crippen LogP contribution in [0.25, 0.3) is 0 Å². The van der Waals surface area contributed by atoms with Gasteiger partial charge in [-0.2, -0.15) is 5.10 Å². The van der Waals surface area contributed by atoms with E-state index < -0.39 is 0 Å². The van der Waals surface area contributed by atoms with Crippen LogP contribution in [0.1, 0.15) is 38.7 Å². The van der Waals surface area contributed by atoms with Crippen molar-refractivity contribution in [1.82, 2.24) is 20.0 Å². The largest absolute Gasteiger partial charge is 0.315 e.